The zero-order chi connectivity index (χ0) is 24.2. The predicted molar refractivity (Wildman–Crippen MR) is 149 cm³/mol. The van der Waals surface area contributed by atoms with Crippen LogP contribution in [-0.4, -0.2) is 32.0 Å². The van der Waals surface area contributed by atoms with E-state index in [4.69, 9.17) is 9.97 Å². The number of hydrogen-bond donors (Lipinski definition) is 2. The molecule has 2 aliphatic carbocycles. The van der Waals surface area contributed by atoms with Crippen LogP contribution < -0.4 is 11.1 Å². The molecule has 0 spiro atoms. The van der Waals surface area contributed by atoms with Gasteiger partial charge in [0, 0.05) is 39.7 Å². The van der Waals surface area contributed by atoms with Crippen LogP contribution in [0.15, 0.2) is 48.5 Å². The van der Waals surface area contributed by atoms with Crippen molar-refractivity contribution in [2.24, 2.45) is 0 Å². The molecule has 7 rings (SSSR count). The molecule has 2 aliphatic rings. The Labute approximate surface area is 210 Å². The lowest BCUT2D eigenvalue weighted by Crippen LogP contribution is -2.04. The summed E-state index contributed by atoms with van der Waals surface area (Å²) in [5.74, 6) is 0. The fraction of sp³-hybridized carbons (Fsp3) is 0.143. The van der Waals surface area contributed by atoms with E-state index >= 15 is 0 Å². The number of benzene rings is 3. The van der Waals surface area contributed by atoms with Crippen LogP contribution in [0, 0.1) is 0 Å². The number of imidazole rings is 2. The van der Waals surface area contributed by atoms with Crippen LogP contribution in [0.2, 0.25) is 0 Å². The van der Waals surface area contributed by atoms with Gasteiger partial charge >= 0.3 is 0 Å². The summed E-state index contributed by atoms with van der Waals surface area (Å²) in [5.41, 5.74) is 13.2. The summed E-state index contributed by atoms with van der Waals surface area (Å²) in [5, 5.41) is 2.50. The maximum absolute atomic E-state index is 11.0. The first-order valence-electron chi connectivity index (χ1n) is 12.0. The monoisotopic (exact) mass is 508 g/mol. The maximum atomic E-state index is 11.0. The standard InChI is InChI=1S/C28H22N4O2P2/c33-13-35-27-29-23-9-4-18-12-16(2-6-20(18)25(23)31-27)15-1-5-19-17(11-15)3-7-22-21(19)8-10-24-26(22)32-28(30-24)36-14-34/h1-3,5-7,11-14,35-36H,4,8-10H2,(H,29,31)(H,30,32). The van der Waals surface area contributed by atoms with Gasteiger partial charge in [0.2, 0.25) is 0 Å². The number of H-pyrrole nitrogens is 2. The first-order chi connectivity index (χ1) is 17.7. The Bertz CT molecular complexity index is 1700. The van der Waals surface area contributed by atoms with Gasteiger partial charge in [-0.3, -0.25) is 9.59 Å². The van der Waals surface area contributed by atoms with Gasteiger partial charge in [-0.25, -0.2) is 9.97 Å². The smallest absolute Gasteiger partial charge is 0.146 e. The van der Waals surface area contributed by atoms with Crippen molar-refractivity contribution < 1.29 is 9.59 Å². The zero-order valence-electron chi connectivity index (χ0n) is 19.3. The molecule has 0 amide bonds. The van der Waals surface area contributed by atoms with E-state index in [9.17, 15) is 9.59 Å². The molecule has 0 aliphatic heterocycles. The van der Waals surface area contributed by atoms with Crippen LogP contribution in [0.5, 0.6) is 0 Å². The van der Waals surface area contributed by atoms with Gasteiger partial charge in [0.05, 0.1) is 11.4 Å². The first-order valence-corrected chi connectivity index (χ1v) is 14.1. The summed E-state index contributed by atoms with van der Waals surface area (Å²) in [7, 11) is 0.132. The minimum atomic E-state index is 0.0651. The molecule has 0 radical (unpaired) electrons. The predicted octanol–water partition coefficient (Wildman–Crippen LogP) is 4.47. The molecule has 2 N–H and O–H groups in total. The quantitative estimate of drug-likeness (QED) is 0.271. The largest absolute Gasteiger partial charge is 0.341 e. The number of nitrogens with one attached hydrogen (secondary N) is 2. The molecule has 2 heterocycles. The molecule has 0 saturated heterocycles. The van der Waals surface area contributed by atoms with Crippen molar-refractivity contribution in [1.82, 2.24) is 19.9 Å². The number of aromatic amines is 2. The third-order valence-electron chi connectivity index (χ3n) is 7.30. The van der Waals surface area contributed by atoms with Crippen LogP contribution in [0.4, 0.5) is 0 Å². The third-order valence-corrected chi connectivity index (χ3v) is 8.55. The minimum absolute atomic E-state index is 0.0651. The molecule has 8 heteroatoms. The topological polar surface area (TPSA) is 91.5 Å². The van der Waals surface area contributed by atoms with Gasteiger partial charge in [-0.2, -0.15) is 0 Å². The van der Waals surface area contributed by atoms with Crippen LogP contribution >= 0.6 is 17.2 Å². The van der Waals surface area contributed by atoms with E-state index in [1.165, 1.54) is 38.6 Å². The van der Waals surface area contributed by atoms with Crippen molar-refractivity contribution in [3.05, 3.63) is 71.0 Å². The lowest BCUT2D eigenvalue weighted by atomic mass is 9.86. The molecule has 2 aromatic heterocycles. The van der Waals surface area contributed by atoms with E-state index in [0.29, 0.717) is 0 Å². The number of carbonyl (C=O) groups excluding carboxylic acids is 2. The fourth-order valence-electron chi connectivity index (χ4n) is 5.66. The average Bonchev–Trinajstić information content (AvgIpc) is 3.52. The van der Waals surface area contributed by atoms with Gasteiger partial charge < -0.3 is 9.97 Å². The highest BCUT2D eigenvalue weighted by molar-refractivity contribution is 7.62. The third kappa shape index (κ3) is 3.48. The fourth-order valence-corrected chi connectivity index (χ4v) is 6.68. The van der Waals surface area contributed by atoms with Crippen molar-refractivity contribution >= 4 is 51.1 Å². The van der Waals surface area contributed by atoms with E-state index in [1.807, 2.05) is 0 Å². The van der Waals surface area contributed by atoms with Crippen LogP contribution in [0.1, 0.15) is 22.5 Å². The Balaban J connectivity index is 1.26. The summed E-state index contributed by atoms with van der Waals surface area (Å²) in [6, 6.07) is 19.6. The van der Waals surface area contributed by atoms with Gasteiger partial charge in [0.15, 0.2) is 0 Å². The second-order valence-corrected chi connectivity index (χ2v) is 11.2. The van der Waals surface area contributed by atoms with Crippen molar-refractivity contribution in [2.75, 3.05) is 0 Å². The van der Waals surface area contributed by atoms with Gasteiger partial charge in [-0.15, -0.1) is 0 Å². The molecular weight excluding hydrogens is 486 g/mol. The van der Waals surface area contributed by atoms with Crippen LogP contribution in [-0.2, 0) is 35.3 Å². The Hall–Kier alpha value is -3.46. The van der Waals surface area contributed by atoms with Crippen molar-refractivity contribution in [2.45, 2.75) is 25.7 Å². The summed E-state index contributed by atoms with van der Waals surface area (Å²) in [4.78, 5) is 38.0. The summed E-state index contributed by atoms with van der Waals surface area (Å²) in [6.45, 7) is 0. The molecule has 6 nitrogen and oxygen atoms in total. The van der Waals surface area contributed by atoms with E-state index in [1.54, 1.807) is 0 Å². The molecule has 176 valence electrons. The number of fused-ring (bicyclic) bond motifs is 8. The molecule has 0 bridgehead atoms. The first kappa shape index (κ1) is 21.8. The van der Waals surface area contributed by atoms with Crippen molar-refractivity contribution in [3.8, 4) is 33.6 Å². The maximum Gasteiger partial charge on any atom is 0.146 e. The molecule has 0 fully saturated rings. The van der Waals surface area contributed by atoms with E-state index in [2.05, 4.69) is 58.5 Å². The average molecular weight is 508 g/mol. The molecule has 5 aromatic rings. The molecule has 0 saturated carbocycles. The molecule has 2 unspecified atom stereocenters. The number of aromatic nitrogens is 4. The SMILES string of the molecule is O=CPc1nc2c([nH]1)CCc1cc(-c3ccc4c5c(ccc4c3)-c3nc(PC=O)[nH]c3CC5)ccc1-2. The molecule has 2 atom stereocenters. The van der Waals surface area contributed by atoms with Crippen LogP contribution in [0.3, 0.4) is 0 Å². The van der Waals surface area contributed by atoms with E-state index < -0.39 is 0 Å². The van der Waals surface area contributed by atoms with E-state index in [-0.39, 0.29) is 17.2 Å². The number of aryl methyl sites for hydroxylation is 4. The lowest BCUT2D eigenvalue weighted by molar-refractivity contribution is 0.569. The Morgan fingerprint density at radius 2 is 1.33 bits per heavy atom. The Morgan fingerprint density at radius 1 is 0.694 bits per heavy atom. The zero-order valence-corrected chi connectivity index (χ0v) is 21.3. The van der Waals surface area contributed by atoms with Gasteiger partial charge in [-0.05, 0) is 64.8 Å². The van der Waals surface area contributed by atoms with Crippen molar-refractivity contribution in [3.63, 3.8) is 0 Å². The number of rotatable bonds is 5. The van der Waals surface area contributed by atoms with Crippen LogP contribution in [0.25, 0.3) is 44.4 Å². The second-order valence-electron chi connectivity index (χ2n) is 9.25. The summed E-state index contributed by atoms with van der Waals surface area (Å²) < 4.78 is 0. The summed E-state index contributed by atoms with van der Waals surface area (Å²) >= 11 is 0. The van der Waals surface area contributed by atoms with Gasteiger partial charge in [0.25, 0.3) is 0 Å². The number of hydrogen-bond acceptors (Lipinski definition) is 4. The number of carbonyl (C=O) groups is 2. The normalized spacial score (nSPS) is 14.2. The highest BCUT2D eigenvalue weighted by Gasteiger charge is 2.23. The second kappa shape index (κ2) is 8.58. The lowest BCUT2D eigenvalue weighted by Gasteiger charge is -2.19. The van der Waals surface area contributed by atoms with Gasteiger partial charge in [-0.1, -0.05) is 42.5 Å². The minimum Gasteiger partial charge on any atom is -0.341 e. The molecule has 3 aromatic carbocycles. The van der Waals surface area contributed by atoms with Crippen molar-refractivity contribution in [1.29, 1.82) is 0 Å². The Kier molecular flexibility index (Phi) is 5.20. The summed E-state index contributed by atoms with van der Waals surface area (Å²) in [6.07, 6.45) is 3.74. The highest BCUT2D eigenvalue weighted by Crippen LogP contribution is 2.39. The Morgan fingerprint density at radius 3 is 2.08 bits per heavy atom. The van der Waals surface area contributed by atoms with Gasteiger partial charge in [0.1, 0.15) is 23.2 Å². The number of nitrogens with zero attached hydrogens (tertiary/aromatic N) is 2. The van der Waals surface area contributed by atoms with E-state index in [0.717, 1.165) is 77.2 Å². The highest BCUT2D eigenvalue weighted by atomic mass is 31.1. The molecule has 36 heavy (non-hydrogen) atoms. The molecular formula is C28H22N4O2P2.